The Kier molecular flexibility index (Phi) is 5.15. The van der Waals surface area contributed by atoms with Crippen LogP contribution in [0.1, 0.15) is 18.4 Å². The molecule has 2 aliphatic heterocycles. The van der Waals surface area contributed by atoms with E-state index < -0.39 is 10.0 Å². The first-order chi connectivity index (χ1) is 13.6. The maximum atomic E-state index is 13.0. The molecule has 0 aliphatic carbocycles. The molecule has 2 saturated heterocycles. The quantitative estimate of drug-likeness (QED) is 0.770. The first-order valence-electron chi connectivity index (χ1n) is 9.42. The average Bonchev–Trinajstić information content (AvgIpc) is 3.29. The molecule has 0 amide bonds. The first-order valence-corrected chi connectivity index (χ1v) is 10.9. The third kappa shape index (κ3) is 3.53. The van der Waals surface area contributed by atoms with Crippen molar-refractivity contribution in [3.8, 4) is 6.07 Å². The van der Waals surface area contributed by atoms with E-state index in [0.717, 1.165) is 37.7 Å². The van der Waals surface area contributed by atoms with Crippen LogP contribution in [0.4, 0.5) is 11.8 Å². The van der Waals surface area contributed by atoms with E-state index in [1.54, 1.807) is 18.3 Å². The van der Waals surface area contributed by atoms with Gasteiger partial charge in [-0.15, -0.1) is 0 Å². The predicted molar refractivity (Wildman–Crippen MR) is 106 cm³/mol. The summed E-state index contributed by atoms with van der Waals surface area (Å²) in [5.41, 5.74) is 0.177. The maximum Gasteiger partial charge on any atom is 0.244 e. The van der Waals surface area contributed by atoms with Gasteiger partial charge in [0.25, 0.3) is 0 Å². The van der Waals surface area contributed by atoms with Crippen molar-refractivity contribution >= 4 is 21.8 Å². The topological polar surface area (TPSA) is 93.4 Å². The average molecular weight is 398 g/mol. The summed E-state index contributed by atoms with van der Waals surface area (Å²) in [5, 5.41) is 9.23. The minimum Gasteiger partial charge on any atom is -0.354 e. The van der Waals surface area contributed by atoms with Gasteiger partial charge in [0.1, 0.15) is 11.9 Å². The van der Waals surface area contributed by atoms with Crippen LogP contribution in [0.3, 0.4) is 0 Å². The zero-order valence-corrected chi connectivity index (χ0v) is 16.3. The summed E-state index contributed by atoms with van der Waals surface area (Å²) in [6.07, 6.45) is 4.09. The van der Waals surface area contributed by atoms with Crippen molar-refractivity contribution in [2.24, 2.45) is 0 Å². The summed E-state index contributed by atoms with van der Waals surface area (Å²) >= 11 is 0. The van der Waals surface area contributed by atoms with Crippen molar-refractivity contribution in [3.05, 3.63) is 42.1 Å². The molecule has 1 aromatic carbocycles. The van der Waals surface area contributed by atoms with Crippen molar-refractivity contribution in [1.82, 2.24) is 14.3 Å². The molecule has 0 N–H and O–H groups in total. The lowest BCUT2D eigenvalue weighted by atomic mass is 10.2. The van der Waals surface area contributed by atoms with E-state index in [2.05, 4.69) is 19.8 Å². The van der Waals surface area contributed by atoms with Gasteiger partial charge >= 0.3 is 0 Å². The second-order valence-electron chi connectivity index (χ2n) is 6.91. The van der Waals surface area contributed by atoms with Crippen LogP contribution >= 0.6 is 0 Å². The molecule has 0 bridgehead atoms. The molecule has 8 nitrogen and oxygen atoms in total. The smallest absolute Gasteiger partial charge is 0.244 e. The first kappa shape index (κ1) is 18.7. The van der Waals surface area contributed by atoms with Crippen molar-refractivity contribution in [2.45, 2.75) is 17.7 Å². The molecule has 0 unspecified atom stereocenters. The van der Waals surface area contributed by atoms with Crippen LogP contribution in [-0.2, 0) is 10.0 Å². The van der Waals surface area contributed by atoms with Gasteiger partial charge in [0.2, 0.25) is 16.0 Å². The van der Waals surface area contributed by atoms with Crippen LogP contribution < -0.4 is 9.80 Å². The maximum absolute atomic E-state index is 13.0. The number of nitriles is 1. The normalized spacial score (nSPS) is 18.2. The number of piperazine rings is 1. The lowest BCUT2D eigenvalue weighted by molar-refractivity contribution is 0.383. The van der Waals surface area contributed by atoms with E-state index in [1.807, 2.05) is 12.1 Å². The number of hydrogen-bond donors (Lipinski definition) is 0. The number of benzene rings is 1. The molecule has 28 heavy (non-hydrogen) atoms. The second-order valence-corrected chi connectivity index (χ2v) is 8.81. The summed E-state index contributed by atoms with van der Waals surface area (Å²) in [4.78, 5) is 13.4. The van der Waals surface area contributed by atoms with Gasteiger partial charge in [0, 0.05) is 45.5 Å². The standard InChI is InChI=1S/C19H22N6O2S/c20-15-16-5-1-2-6-17(16)28(26,27)25-13-11-23(12-14-25)18-7-8-21-19(22-18)24-9-3-4-10-24/h1-2,5-8H,3-4,9-14H2. The van der Waals surface area contributed by atoms with E-state index in [0.29, 0.717) is 26.2 Å². The fourth-order valence-electron chi connectivity index (χ4n) is 3.67. The zero-order chi connectivity index (χ0) is 19.6. The van der Waals surface area contributed by atoms with E-state index in [4.69, 9.17) is 0 Å². The molecule has 146 valence electrons. The highest BCUT2D eigenvalue weighted by molar-refractivity contribution is 7.89. The molecular weight excluding hydrogens is 376 g/mol. The molecule has 9 heteroatoms. The fraction of sp³-hybridized carbons (Fsp3) is 0.421. The van der Waals surface area contributed by atoms with E-state index >= 15 is 0 Å². The van der Waals surface area contributed by atoms with E-state index in [9.17, 15) is 13.7 Å². The summed E-state index contributed by atoms with van der Waals surface area (Å²) in [5.74, 6) is 1.57. The summed E-state index contributed by atoms with van der Waals surface area (Å²) in [7, 11) is -3.69. The monoisotopic (exact) mass is 398 g/mol. The second kappa shape index (κ2) is 7.73. The number of nitrogens with zero attached hydrogens (tertiary/aromatic N) is 6. The molecule has 0 radical (unpaired) electrons. The molecule has 2 aliphatic rings. The lowest BCUT2D eigenvalue weighted by Gasteiger charge is -2.35. The van der Waals surface area contributed by atoms with Crippen molar-refractivity contribution in [3.63, 3.8) is 0 Å². The Morgan fingerprint density at radius 3 is 2.36 bits per heavy atom. The zero-order valence-electron chi connectivity index (χ0n) is 15.5. The molecule has 0 spiro atoms. The van der Waals surface area contributed by atoms with Crippen molar-refractivity contribution in [1.29, 1.82) is 5.26 Å². The third-order valence-corrected chi connectivity index (χ3v) is 7.16. The highest BCUT2D eigenvalue weighted by Gasteiger charge is 2.30. The Morgan fingerprint density at radius 1 is 0.929 bits per heavy atom. The van der Waals surface area contributed by atoms with Gasteiger partial charge in [-0.05, 0) is 31.0 Å². The van der Waals surface area contributed by atoms with Gasteiger partial charge in [-0.1, -0.05) is 12.1 Å². The number of anilines is 2. The van der Waals surface area contributed by atoms with Gasteiger partial charge < -0.3 is 9.80 Å². The predicted octanol–water partition coefficient (Wildman–Crippen LogP) is 1.46. The van der Waals surface area contributed by atoms with Crippen molar-refractivity contribution in [2.75, 3.05) is 49.1 Å². The summed E-state index contributed by atoms with van der Waals surface area (Å²) in [6, 6.07) is 10.2. The summed E-state index contributed by atoms with van der Waals surface area (Å²) in [6.45, 7) is 3.76. The van der Waals surface area contributed by atoms with Crippen LogP contribution in [0.15, 0.2) is 41.4 Å². The van der Waals surface area contributed by atoms with Crippen LogP contribution in [0.2, 0.25) is 0 Å². The van der Waals surface area contributed by atoms with Crippen LogP contribution in [-0.4, -0.2) is 62.0 Å². The Morgan fingerprint density at radius 2 is 1.64 bits per heavy atom. The summed E-state index contributed by atoms with van der Waals surface area (Å²) < 4.78 is 27.4. The molecule has 2 fully saturated rings. The number of sulfonamides is 1. The number of rotatable bonds is 4. The Hall–Kier alpha value is -2.70. The molecule has 3 heterocycles. The van der Waals surface area contributed by atoms with E-state index in [1.165, 1.54) is 16.4 Å². The van der Waals surface area contributed by atoms with Crippen LogP contribution in [0, 0.1) is 11.3 Å². The minimum absolute atomic E-state index is 0.0734. The highest BCUT2D eigenvalue weighted by Crippen LogP contribution is 2.24. The minimum atomic E-state index is -3.69. The van der Waals surface area contributed by atoms with Gasteiger partial charge in [-0.3, -0.25) is 0 Å². The van der Waals surface area contributed by atoms with Crippen molar-refractivity contribution < 1.29 is 8.42 Å². The Balaban J connectivity index is 1.48. The fourth-order valence-corrected chi connectivity index (χ4v) is 5.23. The molecule has 0 atom stereocenters. The third-order valence-electron chi connectivity index (χ3n) is 5.21. The van der Waals surface area contributed by atoms with Gasteiger partial charge in [0.05, 0.1) is 10.5 Å². The molecular formula is C19H22N6O2S. The van der Waals surface area contributed by atoms with Gasteiger partial charge in [0.15, 0.2) is 0 Å². The highest BCUT2D eigenvalue weighted by atomic mass is 32.2. The Labute approximate surface area is 165 Å². The largest absolute Gasteiger partial charge is 0.354 e. The molecule has 0 saturated carbocycles. The van der Waals surface area contributed by atoms with Crippen LogP contribution in [0.25, 0.3) is 0 Å². The van der Waals surface area contributed by atoms with Gasteiger partial charge in [-0.25, -0.2) is 13.4 Å². The lowest BCUT2D eigenvalue weighted by Crippen LogP contribution is -2.49. The Bertz CT molecular complexity index is 989. The molecule has 4 rings (SSSR count). The van der Waals surface area contributed by atoms with E-state index in [-0.39, 0.29) is 10.5 Å². The molecule has 1 aromatic heterocycles. The number of aromatic nitrogens is 2. The number of hydrogen-bond acceptors (Lipinski definition) is 7. The van der Waals surface area contributed by atoms with Crippen LogP contribution in [0.5, 0.6) is 0 Å². The SMILES string of the molecule is N#Cc1ccccc1S(=O)(=O)N1CCN(c2ccnc(N3CCCC3)n2)CC1. The molecule has 2 aromatic rings. The van der Waals surface area contributed by atoms with Gasteiger partial charge in [-0.2, -0.15) is 14.6 Å².